The van der Waals surface area contributed by atoms with Gasteiger partial charge in [0.2, 0.25) is 0 Å². The van der Waals surface area contributed by atoms with Crippen LogP contribution < -0.4 is 10.6 Å². The maximum Gasteiger partial charge on any atom is 0.0456 e. The average molecular weight is 268 g/mol. The number of aryl methyl sites for hydroxylation is 1. The molecule has 2 heteroatoms. The summed E-state index contributed by atoms with van der Waals surface area (Å²) < 4.78 is 0. The molecule has 0 bridgehead atoms. The number of hydrogen-bond donors (Lipinski definition) is 1. The maximum atomic E-state index is 6.23. The minimum Gasteiger partial charge on any atom is -0.344 e. The van der Waals surface area contributed by atoms with Gasteiger partial charge >= 0.3 is 0 Å². The number of nitrogens with two attached hydrogens (primary N) is 1. The number of hydrogen-bond acceptors (Lipinski definition) is 2. The predicted octanol–water partition coefficient (Wildman–Crippen LogP) is 4.43. The quantitative estimate of drug-likeness (QED) is 0.869. The highest BCUT2D eigenvalue weighted by Crippen LogP contribution is 2.31. The molecule has 2 aromatic rings. The molecule has 0 aromatic heterocycles. The fraction of sp³-hybridized carbons (Fsp3) is 0.333. The molecule has 0 aliphatic heterocycles. The van der Waals surface area contributed by atoms with Crippen molar-refractivity contribution in [3.63, 3.8) is 0 Å². The van der Waals surface area contributed by atoms with Crippen molar-refractivity contribution in [3.8, 4) is 0 Å². The summed E-state index contributed by atoms with van der Waals surface area (Å²) in [6, 6.07) is 17.2. The van der Waals surface area contributed by atoms with Crippen LogP contribution in [0.2, 0.25) is 0 Å². The molecule has 106 valence electrons. The largest absolute Gasteiger partial charge is 0.344 e. The van der Waals surface area contributed by atoms with Gasteiger partial charge in [0.05, 0.1) is 0 Å². The van der Waals surface area contributed by atoms with Gasteiger partial charge in [0.1, 0.15) is 0 Å². The van der Waals surface area contributed by atoms with Gasteiger partial charge in [0.25, 0.3) is 0 Å². The number of nitrogens with zero attached hydrogens (tertiary/aromatic N) is 1. The lowest BCUT2D eigenvalue weighted by atomic mass is 10.0. The summed E-state index contributed by atoms with van der Waals surface area (Å²) in [6.07, 6.45) is 2.01. The van der Waals surface area contributed by atoms with Crippen LogP contribution in [0.1, 0.15) is 37.4 Å². The second-order valence-corrected chi connectivity index (χ2v) is 5.15. The Morgan fingerprint density at radius 2 is 1.65 bits per heavy atom. The molecule has 0 fully saturated rings. The summed E-state index contributed by atoms with van der Waals surface area (Å²) in [5.74, 6) is 0. The standard InChI is InChI=1S/C18H24N2/c1-4-14-10-12-15(13-11-14)20(3)18-9-7-6-8-16(18)17(19)5-2/h6-13,17H,4-5,19H2,1-3H3/t17-/m0/s1. The number of para-hydroxylation sites is 1. The Hall–Kier alpha value is -1.80. The molecule has 0 unspecified atom stereocenters. The minimum absolute atomic E-state index is 0.0866. The van der Waals surface area contributed by atoms with E-state index in [2.05, 4.69) is 74.3 Å². The Bertz CT molecular complexity index is 546. The van der Waals surface area contributed by atoms with Crippen LogP contribution in [0, 0.1) is 0 Å². The maximum absolute atomic E-state index is 6.23. The third kappa shape index (κ3) is 3.02. The van der Waals surface area contributed by atoms with Gasteiger partial charge in [-0.05, 0) is 42.2 Å². The van der Waals surface area contributed by atoms with Crippen LogP contribution in [0.25, 0.3) is 0 Å². The summed E-state index contributed by atoms with van der Waals surface area (Å²) >= 11 is 0. The van der Waals surface area contributed by atoms with E-state index in [1.165, 1.54) is 22.5 Å². The van der Waals surface area contributed by atoms with Gasteiger partial charge in [-0.3, -0.25) is 0 Å². The average Bonchev–Trinajstić information content (AvgIpc) is 2.53. The molecule has 0 saturated heterocycles. The minimum atomic E-state index is 0.0866. The van der Waals surface area contributed by atoms with Gasteiger partial charge in [-0.15, -0.1) is 0 Å². The molecule has 0 amide bonds. The zero-order valence-corrected chi connectivity index (χ0v) is 12.6. The second-order valence-electron chi connectivity index (χ2n) is 5.15. The Morgan fingerprint density at radius 1 is 1.00 bits per heavy atom. The fourth-order valence-electron chi connectivity index (χ4n) is 2.42. The summed E-state index contributed by atoms with van der Waals surface area (Å²) in [4.78, 5) is 2.21. The molecule has 2 aromatic carbocycles. The van der Waals surface area contributed by atoms with Crippen LogP contribution in [-0.2, 0) is 6.42 Å². The van der Waals surface area contributed by atoms with Crippen molar-refractivity contribution in [1.82, 2.24) is 0 Å². The Labute approximate surface area is 122 Å². The Morgan fingerprint density at radius 3 is 2.25 bits per heavy atom. The highest BCUT2D eigenvalue weighted by molar-refractivity contribution is 5.66. The normalized spacial score (nSPS) is 12.2. The van der Waals surface area contributed by atoms with E-state index in [1.54, 1.807) is 0 Å². The molecule has 0 saturated carbocycles. The van der Waals surface area contributed by atoms with Crippen LogP contribution in [0.5, 0.6) is 0 Å². The third-order valence-corrected chi connectivity index (χ3v) is 3.87. The van der Waals surface area contributed by atoms with Gasteiger partial charge < -0.3 is 10.6 Å². The first-order valence-electron chi connectivity index (χ1n) is 7.34. The molecular weight excluding hydrogens is 244 g/mol. The molecule has 0 spiro atoms. The smallest absolute Gasteiger partial charge is 0.0456 e. The number of benzene rings is 2. The van der Waals surface area contributed by atoms with Crippen molar-refractivity contribution in [1.29, 1.82) is 0 Å². The zero-order chi connectivity index (χ0) is 14.5. The first-order valence-corrected chi connectivity index (χ1v) is 7.34. The molecule has 1 atom stereocenters. The molecule has 0 radical (unpaired) electrons. The number of rotatable bonds is 5. The molecule has 0 aliphatic carbocycles. The van der Waals surface area contributed by atoms with E-state index >= 15 is 0 Å². The summed E-state index contributed by atoms with van der Waals surface area (Å²) in [5, 5.41) is 0. The third-order valence-electron chi connectivity index (χ3n) is 3.87. The van der Waals surface area contributed by atoms with Crippen molar-refractivity contribution >= 4 is 11.4 Å². The van der Waals surface area contributed by atoms with Gasteiger partial charge in [0.15, 0.2) is 0 Å². The van der Waals surface area contributed by atoms with Crippen LogP contribution in [0.4, 0.5) is 11.4 Å². The first kappa shape index (κ1) is 14.6. The van der Waals surface area contributed by atoms with Crippen LogP contribution >= 0.6 is 0 Å². The molecular formula is C18H24N2. The van der Waals surface area contributed by atoms with Crippen molar-refractivity contribution in [2.75, 3.05) is 11.9 Å². The molecule has 2 nitrogen and oxygen atoms in total. The Balaban J connectivity index is 2.34. The lowest BCUT2D eigenvalue weighted by molar-refractivity contribution is 0.698. The van der Waals surface area contributed by atoms with E-state index in [0.717, 1.165) is 12.8 Å². The second kappa shape index (κ2) is 6.58. The van der Waals surface area contributed by atoms with Gasteiger partial charge in [-0.1, -0.05) is 44.2 Å². The van der Waals surface area contributed by atoms with Gasteiger partial charge in [-0.25, -0.2) is 0 Å². The molecule has 0 aliphatic rings. The van der Waals surface area contributed by atoms with Crippen LogP contribution in [-0.4, -0.2) is 7.05 Å². The first-order chi connectivity index (χ1) is 9.67. The highest BCUT2D eigenvalue weighted by atomic mass is 15.1. The van der Waals surface area contributed by atoms with Gasteiger partial charge in [-0.2, -0.15) is 0 Å². The summed E-state index contributed by atoms with van der Waals surface area (Å²) in [5.41, 5.74) is 11.2. The molecule has 0 heterocycles. The van der Waals surface area contributed by atoms with Gasteiger partial charge in [0, 0.05) is 24.5 Å². The van der Waals surface area contributed by atoms with Crippen molar-refractivity contribution in [2.24, 2.45) is 5.73 Å². The monoisotopic (exact) mass is 268 g/mol. The van der Waals surface area contributed by atoms with E-state index in [4.69, 9.17) is 5.73 Å². The molecule has 2 N–H and O–H groups in total. The lowest BCUT2D eigenvalue weighted by Crippen LogP contribution is -2.16. The Kier molecular flexibility index (Phi) is 4.80. The highest BCUT2D eigenvalue weighted by Gasteiger charge is 2.13. The van der Waals surface area contributed by atoms with Crippen molar-refractivity contribution in [3.05, 3.63) is 59.7 Å². The van der Waals surface area contributed by atoms with E-state index in [-0.39, 0.29) is 6.04 Å². The van der Waals surface area contributed by atoms with E-state index < -0.39 is 0 Å². The van der Waals surface area contributed by atoms with E-state index in [0.29, 0.717) is 0 Å². The lowest BCUT2D eigenvalue weighted by Gasteiger charge is -2.25. The molecule has 2 rings (SSSR count). The van der Waals surface area contributed by atoms with Crippen molar-refractivity contribution in [2.45, 2.75) is 32.7 Å². The molecule has 20 heavy (non-hydrogen) atoms. The van der Waals surface area contributed by atoms with Crippen molar-refractivity contribution < 1.29 is 0 Å². The SMILES string of the molecule is CCc1ccc(N(C)c2ccccc2[C@@H](N)CC)cc1. The van der Waals surface area contributed by atoms with Crippen LogP contribution in [0.15, 0.2) is 48.5 Å². The zero-order valence-electron chi connectivity index (χ0n) is 12.6. The summed E-state index contributed by atoms with van der Waals surface area (Å²) in [6.45, 7) is 4.30. The van der Waals surface area contributed by atoms with Crippen LogP contribution in [0.3, 0.4) is 0 Å². The predicted molar refractivity (Wildman–Crippen MR) is 87.5 cm³/mol. The fourth-order valence-corrected chi connectivity index (χ4v) is 2.42. The van der Waals surface area contributed by atoms with E-state index in [1.807, 2.05) is 0 Å². The topological polar surface area (TPSA) is 29.3 Å². The summed E-state index contributed by atoms with van der Waals surface area (Å²) in [7, 11) is 2.10. The number of anilines is 2. The van der Waals surface area contributed by atoms with E-state index in [9.17, 15) is 0 Å².